The van der Waals surface area contributed by atoms with Crippen molar-refractivity contribution in [3.05, 3.63) is 66.6 Å². The number of rotatable bonds is 5. The number of tetrazole rings is 1. The van der Waals surface area contributed by atoms with Gasteiger partial charge in [-0.25, -0.2) is 10.1 Å². The molecular weight excluding hydrogens is 378 g/mol. The highest BCUT2D eigenvalue weighted by atomic mass is 15.5. The zero-order chi connectivity index (χ0) is 20.5. The minimum absolute atomic E-state index is 0.539. The SMILES string of the molecule is CCc1cc(N(C)c2ccc(-c3cccnc3-c3nnn[nH]3)cc2)n2nccc2n1. The predicted octanol–water partition coefficient (Wildman–Crippen LogP) is 3.30. The molecule has 148 valence electrons. The number of aromatic nitrogens is 8. The molecular formula is C21H19N9. The summed E-state index contributed by atoms with van der Waals surface area (Å²) in [6.07, 6.45) is 4.36. The van der Waals surface area contributed by atoms with Gasteiger partial charge in [0.05, 0.1) is 6.20 Å². The van der Waals surface area contributed by atoms with Crippen molar-refractivity contribution in [2.45, 2.75) is 13.3 Å². The van der Waals surface area contributed by atoms with Gasteiger partial charge in [-0.05, 0) is 40.6 Å². The van der Waals surface area contributed by atoms with Crippen LogP contribution >= 0.6 is 0 Å². The van der Waals surface area contributed by atoms with Crippen LogP contribution in [0.25, 0.3) is 28.3 Å². The largest absolute Gasteiger partial charge is 0.329 e. The van der Waals surface area contributed by atoms with Gasteiger partial charge in [0.15, 0.2) is 11.5 Å². The number of aryl methyl sites for hydroxylation is 1. The normalized spacial score (nSPS) is 11.1. The van der Waals surface area contributed by atoms with Crippen LogP contribution in [-0.4, -0.2) is 47.3 Å². The van der Waals surface area contributed by atoms with E-state index in [-0.39, 0.29) is 0 Å². The highest BCUT2D eigenvalue weighted by Crippen LogP contribution is 2.31. The molecule has 30 heavy (non-hydrogen) atoms. The number of nitrogens with zero attached hydrogens (tertiary/aromatic N) is 8. The van der Waals surface area contributed by atoms with Gasteiger partial charge in [-0.2, -0.15) is 9.61 Å². The van der Waals surface area contributed by atoms with Crippen molar-refractivity contribution >= 4 is 17.2 Å². The van der Waals surface area contributed by atoms with Gasteiger partial charge in [0, 0.05) is 42.3 Å². The molecule has 0 saturated carbocycles. The molecule has 0 amide bonds. The van der Waals surface area contributed by atoms with Gasteiger partial charge in [0.2, 0.25) is 0 Å². The summed E-state index contributed by atoms with van der Waals surface area (Å²) >= 11 is 0. The summed E-state index contributed by atoms with van der Waals surface area (Å²) in [5.74, 6) is 1.50. The maximum Gasteiger partial charge on any atom is 0.198 e. The highest BCUT2D eigenvalue weighted by Gasteiger charge is 2.14. The van der Waals surface area contributed by atoms with E-state index in [0.29, 0.717) is 11.5 Å². The van der Waals surface area contributed by atoms with Crippen LogP contribution in [0.4, 0.5) is 11.5 Å². The molecule has 5 rings (SSSR count). The number of aromatic amines is 1. The molecule has 9 nitrogen and oxygen atoms in total. The van der Waals surface area contributed by atoms with Crippen LogP contribution in [0.5, 0.6) is 0 Å². The fourth-order valence-corrected chi connectivity index (χ4v) is 3.45. The second-order valence-corrected chi connectivity index (χ2v) is 6.82. The smallest absolute Gasteiger partial charge is 0.198 e. The molecule has 4 heterocycles. The molecule has 0 spiro atoms. The Kier molecular flexibility index (Phi) is 4.40. The van der Waals surface area contributed by atoms with Crippen molar-refractivity contribution in [1.29, 1.82) is 0 Å². The van der Waals surface area contributed by atoms with Crippen molar-refractivity contribution in [2.75, 3.05) is 11.9 Å². The molecule has 1 N–H and O–H groups in total. The van der Waals surface area contributed by atoms with Crippen LogP contribution < -0.4 is 4.90 Å². The fourth-order valence-electron chi connectivity index (χ4n) is 3.45. The molecule has 0 aliphatic carbocycles. The number of hydrogen-bond acceptors (Lipinski definition) is 7. The first kappa shape index (κ1) is 17.9. The van der Waals surface area contributed by atoms with Crippen molar-refractivity contribution in [3.63, 3.8) is 0 Å². The standard InChI is InChI=1S/C21H19N9/c1-3-15-13-19(30-18(24-15)10-12-23-30)29(2)16-8-6-14(7-9-16)17-5-4-11-22-20(17)21-25-27-28-26-21/h4-13H,3H2,1-2H3,(H,25,26,27,28). The molecule has 0 unspecified atom stereocenters. The minimum atomic E-state index is 0.539. The molecule has 0 saturated heterocycles. The average Bonchev–Trinajstić information content (AvgIpc) is 3.50. The quantitative estimate of drug-likeness (QED) is 0.485. The highest BCUT2D eigenvalue weighted by molar-refractivity contribution is 5.78. The van der Waals surface area contributed by atoms with Crippen LogP contribution in [0.3, 0.4) is 0 Å². The molecule has 1 aromatic carbocycles. The number of pyridine rings is 1. The second-order valence-electron chi connectivity index (χ2n) is 6.82. The Balaban J connectivity index is 1.52. The molecule has 0 fully saturated rings. The number of H-pyrrole nitrogens is 1. The second kappa shape index (κ2) is 7.36. The van der Waals surface area contributed by atoms with E-state index in [0.717, 1.165) is 40.4 Å². The molecule has 0 atom stereocenters. The van der Waals surface area contributed by atoms with E-state index in [1.165, 1.54) is 0 Å². The number of fused-ring (bicyclic) bond motifs is 1. The molecule has 0 radical (unpaired) electrons. The first-order valence-corrected chi connectivity index (χ1v) is 9.61. The zero-order valence-electron chi connectivity index (χ0n) is 16.6. The molecule has 0 aliphatic rings. The van der Waals surface area contributed by atoms with Crippen molar-refractivity contribution in [2.24, 2.45) is 0 Å². The first-order valence-electron chi connectivity index (χ1n) is 9.61. The maximum atomic E-state index is 4.63. The summed E-state index contributed by atoms with van der Waals surface area (Å²) in [6, 6.07) is 16.2. The Morgan fingerprint density at radius 3 is 2.70 bits per heavy atom. The van der Waals surface area contributed by atoms with E-state index in [1.807, 2.05) is 29.8 Å². The lowest BCUT2D eigenvalue weighted by Crippen LogP contribution is -2.15. The minimum Gasteiger partial charge on any atom is -0.329 e. The van der Waals surface area contributed by atoms with Crippen molar-refractivity contribution < 1.29 is 0 Å². The fraction of sp³-hybridized carbons (Fsp3) is 0.143. The average molecular weight is 397 g/mol. The Bertz CT molecular complexity index is 1290. The lowest BCUT2D eigenvalue weighted by Gasteiger charge is -2.21. The summed E-state index contributed by atoms with van der Waals surface area (Å²) in [5.41, 5.74) is 5.60. The number of nitrogens with one attached hydrogen (secondary N) is 1. The Labute approximate surface area is 172 Å². The lowest BCUT2D eigenvalue weighted by atomic mass is 10.0. The van der Waals surface area contributed by atoms with Gasteiger partial charge in [-0.1, -0.05) is 25.1 Å². The van der Waals surface area contributed by atoms with Gasteiger partial charge >= 0.3 is 0 Å². The maximum absolute atomic E-state index is 4.63. The van der Waals surface area contributed by atoms with E-state index in [2.05, 4.69) is 77.8 Å². The Morgan fingerprint density at radius 1 is 1.07 bits per heavy atom. The molecule has 0 aliphatic heterocycles. The third-order valence-electron chi connectivity index (χ3n) is 5.04. The van der Waals surface area contributed by atoms with Gasteiger partial charge in [0.25, 0.3) is 0 Å². The summed E-state index contributed by atoms with van der Waals surface area (Å²) in [4.78, 5) is 11.2. The van der Waals surface area contributed by atoms with E-state index in [4.69, 9.17) is 0 Å². The van der Waals surface area contributed by atoms with Crippen LogP contribution in [-0.2, 0) is 6.42 Å². The topological polar surface area (TPSA) is 101 Å². The van der Waals surface area contributed by atoms with E-state index < -0.39 is 0 Å². The van der Waals surface area contributed by atoms with E-state index in [9.17, 15) is 0 Å². The number of hydrogen-bond donors (Lipinski definition) is 1. The van der Waals surface area contributed by atoms with Crippen LogP contribution in [0.2, 0.25) is 0 Å². The molecule has 4 aromatic heterocycles. The van der Waals surface area contributed by atoms with Gasteiger partial charge in [-0.15, -0.1) is 5.10 Å². The zero-order valence-corrected chi connectivity index (χ0v) is 16.6. The molecule has 9 heteroatoms. The van der Waals surface area contributed by atoms with E-state index in [1.54, 1.807) is 12.4 Å². The van der Waals surface area contributed by atoms with Crippen molar-refractivity contribution in [1.82, 2.24) is 40.2 Å². The van der Waals surface area contributed by atoms with Gasteiger partial charge in [0.1, 0.15) is 11.5 Å². The van der Waals surface area contributed by atoms with Crippen LogP contribution in [0.1, 0.15) is 12.6 Å². The third-order valence-corrected chi connectivity index (χ3v) is 5.04. The molecule has 0 bridgehead atoms. The third kappa shape index (κ3) is 3.06. The summed E-state index contributed by atoms with van der Waals surface area (Å²) in [7, 11) is 2.03. The molecule has 5 aromatic rings. The Hall–Kier alpha value is -4.14. The monoisotopic (exact) mass is 397 g/mol. The van der Waals surface area contributed by atoms with Crippen LogP contribution in [0.15, 0.2) is 60.9 Å². The van der Waals surface area contributed by atoms with Crippen molar-refractivity contribution in [3.8, 4) is 22.6 Å². The Morgan fingerprint density at radius 2 is 1.93 bits per heavy atom. The lowest BCUT2D eigenvalue weighted by molar-refractivity contribution is 0.881. The number of benzene rings is 1. The summed E-state index contributed by atoms with van der Waals surface area (Å²) in [5, 5.41) is 18.5. The summed E-state index contributed by atoms with van der Waals surface area (Å²) in [6.45, 7) is 2.10. The van der Waals surface area contributed by atoms with Gasteiger partial charge < -0.3 is 4.90 Å². The predicted molar refractivity (Wildman–Crippen MR) is 113 cm³/mol. The van der Waals surface area contributed by atoms with Gasteiger partial charge in [-0.3, -0.25) is 4.98 Å². The van der Waals surface area contributed by atoms with E-state index >= 15 is 0 Å². The number of anilines is 2. The first-order chi connectivity index (χ1) is 14.7. The van der Waals surface area contributed by atoms with Crippen LogP contribution in [0, 0.1) is 0 Å². The summed E-state index contributed by atoms with van der Waals surface area (Å²) < 4.78 is 1.85.